The number of hydrogen-bond acceptors (Lipinski definition) is 5. The lowest BCUT2D eigenvalue weighted by atomic mass is 10.1. The van der Waals surface area contributed by atoms with E-state index in [0.717, 1.165) is 0 Å². The molecule has 2 atom stereocenters. The number of rotatable bonds is 2. The Kier molecular flexibility index (Phi) is 4.24. The highest BCUT2D eigenvalue weighted by Gasteiger charge is 2.31. The Morgan fingerprint density at radius 3 is 3.16 bits per heavy atom. The summed E-state index contributed by atoms with van der Waals surface area (Å²) in [6.07, 6.45) is 1.03. The summed E-state index contributed by atoms with van der Waals surface area (Å²) in [5.74, 6) is -0.251. The third kappa shape index (κ3) is 2.97. The lowest BCUT2D eigenvalue weighted by Gasteiger charge is -2.37. The number of nitrogens with two attached hydrogens (primary N) is 1. The van der Waals surface area contributed by atoms with E-state index in [0.29, 0.717) is 18.8 Å². The average molecular weight is 286 g/mol. The van der Waals surface area contributed by atoms with E-state index in [1.54, 1.807) is 4.90 Å². The van der Waals surface area contributed by atoms with Gasteiger partial charge in [-0.15, -0.1) is 0 Å². The highest BCUT2D eigenvalue weighted by Crippen LogP contribution is 2.21. The van der Waals surface area contributed by atoms with Crippen molar-refractivity contribution in [3.8, 4) is 0 Å². The molecule has 2 rings (SSSR count). The number of morpholine rings is 1. The summed E-state index contributed by atoms with van der Waals surface area (Å²) in [4.78, 5) is 17.9. The molecule has 104 valence electrons. The minimum atomic E-state index is -0.368. The lowest BCUT2D eigenvalue weighted by molar-refractivity contribution is -0.0667. The first-order valence-corrected chi connectivity index (χ1v) is 6.35. The van der Waals surface area contributed by atoms with Crippen LogP contribution in [0.4, 0.5) is 5.69 Å². The predicted molar refractivity (Wildman–Crippen MR) is 71.0 cm³/mol. The Morgan fingerprint density at radius 1 is 1.74 bits per heavy atom. The number of carbonyl (C=O) groups excluding carboxylic acids is 1. The monoisotopic (exact) mass is 285 g/mol. The van der Waals surface area contributed by atoms with Gasteiger partial charge in [0, 0.05) is 6.54 Å². The highest BCUT2D eigenvalue weighted by atomic mass is 35.5. The number of aromatic nitrogens is 1. The highest BCUT2D eigenvalue weighted by molar-refractivity contribution is 6.32. The number of carbonyl (C=O) groups is 1. The van der Waals surface area contributed by atoms with E-state index in [-0.39, 0.29) is 35.4 Å². The van der Waals surface area contributed by atoms with Gasteiger partial charge in [0.1, 0.15) is 5.15 Å². The molecule has 0 aromatic carbocycles. The van der Waals surface area contributed by atoms with Crippen LogP contribution in [0.2, 0.25) is 5.15 Å². The van der Waals surface area contributed by atoms with Gasteiger partial charge in [0.05, 0.1) is 42.8 Å². The van der Waals surface area contributed by atoms with E-state index < -0.39 is 0 Å². The van der Waals surface area contributed by atoms with Crippen LogP contribution in [0.3, 0.4) is 0 Å². The van der Waals surface area contributed by atoms with Crippen molar-refractivity contribution in [2.24, 2.45) is 0 Å². The second-order valence-corrected chi connectivity index (χ2v) is 4.91. The number of anilines is 1. The van der Waals surface area contributed by atoms with E-state index in [4.69, 9.17) is 27.2 Å². The minimum absolute atomic E-state index is 0.0900. The molecule has 1 aliphatic rings. The van der Waals surface area contributed by atoms with Crippen molar-refractivity contribution in [1.29, 1.82) is 0 Å². The summed E-state index contributed by atoms with van der Waals surface area (Å²) in [6, 6.07) is 1.42. The van der Waals surface area contributed by atoms with Crippen molar-refractivity contribution in [1.82, 2.24) is 9.88 Å². The number of nitrogen functional groups attached to an aromatic ring is 1. The van der Waals surface area contributed by atoms with Crippen molar-refractivity contribution in [3.05, 3.63) is 23.0 Å². The number of aliphatic hydroxyl groups is 1. The van der Waals surface area contributed by atoms with Gasteiger partial charge < -0.3 is 20.5 Å². The second kappa shape index (κ2) is 5.73. The summed E-state index contributed by atoms with van der Waals surface area (Å²) in [6.45, 7) is 2.45. The molecule has 6 nitrogen and oxygen atoms in total. The second-order valence-electron chi connectivity index (χ2n) is 4.55. The first kappa shape index (κ1) is 14.0. The fraction of sp³-hybridized carbons (Fsp3) is 0.500. The van der Waals surface area contributed by atoms with Gasteiger partial charge in [-0.2, -0.15) is 0 Å². The molecule has 1 aliphatic heterocycles. The Morgan fingerprint density at radius 2 is 2.47 bits per heavy atom. The van der Waals surface area contributed by atoms with Gasteiger partial charge in [-0.3, -0.25) is 4.79 Å². The molecule has 1 saturated heterocycles. The van der Waals surface area contributed by atoms with E-state index >= 15 is 0 Å². The average Bonchev–Trinajstić information content (AvgIpc) is 2.41. The van der Waals surface area contributed by atoms with E-state index in [1.807, 2.05) is 6.92 Å². The molecule has 19 heavy (non-hydrogen) atoms. The molecule has 1 fully saturated rings. The van der Waals surface area contributed by atoms with Gasteiger partial charge in [0.15, 0.2) is 0 Å². The van der Waals surface area contributed by atoms with Gasteiger partial charge in [0.2, 0.25) is 0 Å². The molecule has 0 radical (unpaired) electrons. The van der Waals surface area contributed by atoms with Gasteiger partial charge in [-0.1, -0.05) is 11.6 Å². The fourth-order valence-corrected chi connectivity index (χ4v) is 2.16. The molecule has 1 aromatic rings. The lowest BCUT2D eigenvalue weighted by Crippen LogP contribution is -2.52. The van der Waals surface area contributed by atoms with Crippen LogP contribution < -0.4 is 5.73 Å². The number of aliphatic hydroxyl groups excluding tert-OH is 1. The summed E-state index contributed by atoms with van der Waals surface area (Å²) in [5.41, 5.74) is 6.28. The maximum Gasteiger partial charge on any atom is 0.257 e. The third-order valence-electron chi connectivity index (χ3n) is 3.06. The van der Waals surface area contributed by atoms with Crippen molar-refractivity contribution >= 4 is 23.2 Å². The normalized spacial score (nSPS) is 23.4. The van der Waals surface area contributed by atoms with E-state index in [2.05, 4.69) is 4.98 Å². The number of ether oxygens (including phenoxy) is 1. The van der Waals surface area contributed by atoms with Crippen LogP contribution in [0, 0.1) is 0 Å². The molecule has 0 spiro atoms. The minimum Gasteiger partial charge on any atom is -0.397 e. The molecule has 1 aromatic heterocycles. The van der Waals surface area contributed by atoms with Crippen LogP contribution in [0.15, 0.2) is 12.3 Å². The Bertz CT molecular complexity index is 483. The molecule has 2 unspecified atom stereocenters. The van der Waals surface area contributed by atoms with Crippen LogP contribution in [-0.2, 0) is 4.74 Å². The number of nitrogens with zero attached hydrogens (tertiary/aromatic N) is 2. The predicted octanol–water partition coefficient (Wildman–Crippen LogP) is 0.539. The van der Waals surface area contributed by atoms with Crippen LogP contribution in [-0.4, -0.2) is 52.8 Å². The van der Waals surface area contributed by atoms with Gasteiger partial charge >= 0.3 is 0 Å². The number of hydrogen-bond donors (Lipinski definition) is 2. The van der Waals surface area contributed by atoms with Crippen molar-refractivity contribution in [2.75, 3.05) is 25.5 Å². The number of pyridine rings is 1. The Labute approximate surface area is 116 Å². The van der Waals surface area contributed by atoms with Crippen molar-refractivity contribution in [3.63, 3.8) is 0 Å². The van der Waals surface area contributed by atoms with Crippen molar-refractivity contribution < 1.29 is 14.6 Å². The van der Waals surface area contributed by atoms with Gasteiger partial charge in [-0.25, -0.2) is 4.98 Å². The van der Waals surface area contributed by atoms with E-state index in [9.17, 15) is 4.79 Å². The summed E-state index contributed by atoms with van der Waals surface area (Å²) in [7, 11) is 0. The quantitative estimate of drug-likeness (QED) is 0.774. The molecule has 2 heterocycles. The van der Waals surface area contributed by atoms with Crippen LogP contribution in [0.25, 0.3) is 0 Å². The Balaban J connectivity index is 2.24. The first-order valence-electron chi connectivity index (χ1n) is 5.97. The standard InChI is InChI=1S/C12H16ClN3O3/c1-7-6-19-9(5-17)4-16(7)12(18)10-2-8(14)3-15-11(10)13/h2-3,7,9,17H,4-6,14H2,1H3. The topological polar surface area (TPSA) is 88.7 Å². The molecule has 1 amide bonds. The van der Waals surface area contributed by atoms with Crippen molar-refractivity contribution in [2.45, 2.75) is 19.1 Å². The van der Waals surface area contributed by atoms with E-state index in [1.165, 1.54) is 12.3 Å². The Hall–Kier alpha value is -1.37. The number of halogens is 1. The third-order valence-corrected chi connectivity index (χ3v) is 3.36. The molecule has 3 N–H and O–H groups in total. The van der Waals surface area contributed by atoms with Gasteiger partial charge in [0.25, 0.3) is 5.91 Å². The smallest absolute Gasteiger partial charge is 0.257 e. The van der Waals surface area contributed by atoms with Crippen LogP contribution >= 0.6 is 11.6 Å². The first-order chi connectivity index (χ1) is 9.02. The largest absolute Gasteiger partial charge is 0.397 e. The molecule has 0 saturated carbocycles. The zero-order chi connectivity index (χ0) is 14.0. The molecular formula is C12H16ClN3O3. The van der Waals surface area contributed by atoms with Crippen LogP contribution in [0.1, 0.15) is 17.3 Å². The molecule has 0 bridgehead atoms. The van der Waals surface area contributed by atoms with Crippen LogP contribution in [0.5, 0.6) is 0 Å². The SMILES string of the molecule is CC1COC(CO)CN1C(=O)c1cc(N)cnc1Cl. The fourth-order valence-electron chi connectivity index (χ4n) is 1.98. The maximum atomic E-state index is 12.5. The van der Waals surface area contributed by atoms with Gasteiger partial charge in [-0.05, 0) is 13.0 Å². The maximum absolute atomic E-state index is 12.5. The summed E-state index contributed by atoms with van der Waals surface area (Å²) >= 11 is 5.93. The summed E-state index contributed by atoms with van der Waals surface area (Å²) < 4.78 is 5.39. The zero-order valence-electron chi connectivity index (χ0n) is 10.5. The molecule has 7 heteroatoms. The summed E-state index contributed by atoms with van der Waals surface area (Å²) in [5, 5.41) is 9.25. The molecule has 0 aliphatic carbocycles. The number of amides is 1. The molecular weight excluding hydrogens is 270 g/mol. The zero-order valence-corrected chi connectivity index (χ0v) is 11.3.